The van der Waals surface area contributed by atoms with E-state index >= 15 is 0 Å². The molecule has 5 nitrogen and oxygen atoms in total. The van der Waals surface area contributed by atoms with Gasteiger partial charge >= 0.3 is 5.97 Å². The first kappa shape index (κ1) is 17.2. The maximum atomic E-state index is 12.0. The van der Waals surface area contributed by atoms with Crippen molar-refractivity contribution < 1.29 is 14.1 Å². The van der Waals surface area contributed by atoms with Crippen molar-refractivity contribution in [1.82, 2.24) is 10.1 Å². The zero-order chi connectivity index (χ0) is 17.9. The van der Waals surface area contributed by atoms with Crippen LogP contribution in [0.4, 0.5) is 0 Å². The Labute approximate surface area is 162 Å². The van der Waals surface area contributed by atoms with E-state index in [4.69, 9.17) is 20.9 Å². The lowest BCUT2D eigenvalue weighted by Gasteiger charge is -2.02. The third-order valence-electron chi connectivity index (χ3n) is 3.72. The average molecular weight is 405 g/mol. The number of hydrogen-bond acceptors (Lipinski definition) is 7. The van der Waals surface area contributed by atoms with E-state index in [9.17, 15) is 4.79 Å². The number of carbonyl (C=O) groups is 1. The quantitative estimate of drug-likeness (QED) is 0.406. The lowest BCUT2D eigenvalue weighted by molar-refractivity contribution is -0.144. The summed E-state index contributed by atoms with van der Waals surface area (Å²) in [4.78, 5) is 18.1. The van der Waals surface area contributed by atoms with Crippen molar-refractivity contribution in [1.29, 1.82) is 0 Å². The van der Waals surface area contributed by atoms with Gasteiger partial charge in [0.15, 0.2) is 0 Å². The minimum absolute atomic E-state index is 0.168. The maximum absolute atomic E-state index is 12.0. The topological polar surface area (TPSA) is 65.2 Å². The number of carbonyl (C=O) groups excluding carboxylic acids is 1. The number of ether oxygens (including phenoxy) is 1. The van der Waals surface area contributed by atoms with Crippen molar-refractivity contribution in [3.8, 4) is 10.7 Å². The van der Waals surface area contributed by atoms with Crippen LogP contribution in [0.5, 0.6) is 0 Å². The third kappa shape index (κ3) is 3.65. The predicted octanol–water partition coefficient (Wildman–Crippen LogP) is 5.34. The molecule has 0 saturated heterocycles. The zero-order valence-corrected chi connectivity index (χ0v) is 15.9. The van der Waals surface area contributed by atoms with Gasteiger partial charge in [-0.05, 0) is 17.5 Å². The normalized spacial score (nSPS) is 11.1. The second kappa shape index (κ2) is 7.57. The Morgan fingerprint density at radius 2 is 2.12 bits per heavy atom. The highest BCUT2D eigenvalue weighted by Gasteiger charge is 2.14. The molecule has 0 radical (unpaired) electrons. The van der Waals surface area contributed by atoms with Crippen LogP contribution in [0, 0.1) is 0 Å². The highest BCUT2D eigenvalue weighted by atomic mass is 35.5. The Balaban J connectivity index is 1.32. The second-order valence-electron chi connectivity index (χ2n) is 5.49. The molecule has 0 aliphatic rings. The van der Waals surface area contributed by atoms with Crippen LogP contribution in [0.25, 0.3) is 20.8 Å². The van der Waals surface area contributed by atoms with Gasteiger partial charge in [0.2, 0.25) is 11.7 Å². The smallest absolute Gasteiger partial charge is 0.306 e. The van der Waals surface area contributed by atoms with Gasteiger partial charge < -0.3 is 9.26 Å². The van der Waals surface area contributed by atoms with E-state index in [1.54, 1.807) is 0 Å². The number of aromatic nitrogens is 2. The van der Waals surface area contributed by atoms with Gasteiger partial charge in [-0.15, -0.1) is 22.7 Å². The molecule has 26 heavy (non-hydrogen) atoms. The SMILES string of the molecule is O=C(CCc1nc(-c2cccs2)no1)OCc1sc2ccccc2c1Cl. The molecule has 0 bridgehead atoms. The molecule has 3 heterocycles. The number of fused-ring (bicyclic) bond motifs is 1. The van der Waals surface area contributed by atoms with E-state index in [0.29, 0.717) is 23.2 Å². The number of halogens is 1. The van der Waals surface area contributed by atoms with Gasteiger partial charge in [0.1, 0.15) is 6.61 Å². The third-order valence-corrected chi connectivity index (χ3v) is 6.27. The number of nitrogens with zero attached hydrogens (tertiary/aromatic N) is 2. The molecule has 4 aromatic rings. The summed E-state index contributed by atoms with van der Waals surface area (Å²) in [7, 11) is 0. The molecular formula is C18H13ClN2O3S2. The van der Waals surface area contributed by atoms with Crippen molar-refractivity contribution >= 4 is 50.3 Å². The van der Waals surface area contributed by atoms with Gasteiger partial charge in [-0.25, -0.2) is 0 Å². The highest BCUT2D eigenvalue weighted by molar-refractivity contribution is 7.19. The number of aryl methyl sites for hydroxylation is 1. The minimum atomic E-state index is -0.325. The molecule has 4 rings (SSSR count). The summed E-state index contributed by atoms with van der Waals surface area (Å²) < 4.78 is 11.6. The molecule has 0 aliphatic carbocycles. The summed E-state index contributed by atoms with van der Waals surface area (Å²) in [5.74, 6) is 0.639. The Morgan fingerprint density at radius 1 is 1.23 bits per heavy atom. The Hall–Kier alpha value is -2.22. The van der Waals surface area contributed by atoms with Crippen LogP contribution in [0.3, 0.4) is 0 Å². The Kier molecular flexibility index (Phi) is 5.01. The molecule has 0 atom stereocenters. The number of thiophene rings is 2. The standard InChI is InChI=1S/C18H13ClN2O3S2/c19-17-11-4-1-2-5-12(11)26-14(17)10-23-16(22)8-7-15-20-18(21-24-15)13-6-3-9-25-13/h1-6,9H,7-8,10H2. The highest BCUT2D eigenvalue weighted by Crippen LogP contribution is 2.35. The molecular weight excluding hydrogens is 392 g/mol. The molecule has 8 heteroatoms. The van der Waals surface area contributed by atoms with E-state index in [2.05, 4.69) is 10.1 Å². The van der Waals surface area contributed by atoms with Crippen LogP contribution >= 0.6 is 34.3 Å². The van der Waals surface area contributed by atoms with E-state index in [-0.39, 0.29) is 19.0 Å². The average Bonchev–Trinajstić information content (AvgIpc) is 3.39. The van der Waals surface area contributed by atoms with Gasteiger partial charge in [0.05, 0.1) is 21.2 Å². The largest absolute Gasteiger partial charge is 0.460 e. The van der Waals surface area contributed by atoms with Gasteiger partial charge in [-0.1, -0.05) is 41.0 Å². The van der Waals surface area contributed by atoms with Crippen molar-refractivity contribution in [3.05, 3.63) is 57.6 Å². The summed E-state index contributed by atoms with van der Waals surface area (Å²) in [5, 5.41) is 7.50. The van der Waals surface area contributed by atoms with Crippen LogP contribution in [0.1, 0.15) is 17.2 Å². The van der Waals surface area contributed by atoms with Crippen LogP contribution in [-0.2, 0) is 22.6 Å². The molecule has 132 valence electrons. The zero-order valence-electron chi connectivity index (χ0n) is 13.5. The van der Waals surface area contributed by atoms with Gasteiger partial charge in [0, 0.05) is 16.5 Å². The molecule has 1 aromatic carbocycles. The fraction of sp³-hybridized carbons (Fsp3) is 0.167. The molecule has 0 saturated carbocycles. The molecule has 0 spiro atoms. The van der Waals surface area contributed by atoms with Crippen molar-refractivity contribution in [2.75, 3.05) is 0 Å². The molecule has 0 fully saturated rings. The van der Waals surface area contributed by atoms with Crippen LogP contribution in [-0.4, -0.2) is 16.1 Å². The summed E-state index contributed by atoms with van der Waals surface area (Å²) in [6.07, 6.45) is 0.520. The number of benzene rings is 1. The molecule has 0 N–H and O–H groups in total. The first-order valence-electron chi connectivity index (χ1n) is 7.88. The monoisotopic (exact) mass is 404 g/mol. The van der Waals surface area contributed by atoms with E-state index in [1.165, 1.54) is 22.7 Å². The van der Waals surface area contributed by atoms with Gasteiger partial charge in [0.25, 0.3) is 0 Å². The van der Waals surface area contributed by atoms with Crippen molar-refractivity contribution in [2.24, 2.45) is 0 Å². The molecule has 0 unspecified atom stereocenters. The number of rotatable bonds is 6. The first-order valence-corrected chi connectivity index (χ1v) is 9.96. The fourth-order valence-electron chi connectivity index (χ4n) is 2.45. The van der Waals surface area contributed by atoms with Crippen LogP contribution in [0.15, 0.2) is 46.3 Å². The predicted molar refractivity (Wildman–Crippen MR) is 103 cm³/mol. The number of esters is 1. The summed E-state index contributed by atoms with van der Waals surface area (Å²) in [6, 6.07) is 11.7. The van der Waals surface area contributed by atoms with Crippen LogP contribution in [0.2, 0.25) is 5.02 Å². The fourth-order valence-corrected chi connectivity index (χ4v) is 4.50. The second-order valence-corrected chi connectivity index (χ2v) is 7.95. The lowest BCUT2D eigenvalue weighted by Crippen LogP contribution is -2.05. The lowest BCUT2D eigenvalue weighted by atomic mass is 10.2. The molecule has 3 aromatic heterocycles. The van der Waals surface area contributed by atoms with Gasteiger partial charge in [-0.2, -0.15) is 4.98 Å². The van der Waals surface area contributed by atoms with Crippen molar-refractivity contribution in [3.63, 3.8) is 0 Å². The van der Waals surface area contributed by atoms with E-state index in [1.807, 2.05) is 41.8 Å². The minimum Gasteiger partial charge on any atom is -0.460 e. The maximum Gasteiger partial charge on any atom is 0.306 e. The molecule has 0 aliphatic heterocycles. The summed E-state index contributed by atoms with van der Waals surface area (Å²) in [6.45, 7) is 0.168. The number of hydrogen-bond donors (Lipinski definition) is 0. The Bertz CT molecular complexity index is 1040. The van der Waals surface area contributed by atoms with Gasteiger partial charge in [-0.3, -0.25) is 4.79 Å². The first-order chi connectivity index (χ1) is 12.7. The van der Waals surface area contributed by atoms with Crippen molar-refractivity contribution in [2.45, 2.75) is 19.4 Å². The Morgan fingerprint density at radius 3 is 2.92 bits per heavy atom. The van der Waals surface area contributed by atoms with E-state index in [0.717, 1.165) is 19.8 Å². The summed E-state index contributed by atoms with van der Waals surface area (Å²) >= 11 is 9.42. The summed E-state index contributed by atoms with van der Waals surface area (Å²) in [5.41, 5.74) is 0. The van der Waals surface area contributed by atoms with E-state index < -0.39 is 0 Å². The van der Waals surface area contributed by atoms with Crippen LogP contribution < -0.4 is 0 Å². The molecule has 0 amide bonds.